The molecule has 2 aliphatic heterocycles. The fraction of sp³-hybridized carbons (Fsp3) is 0.350. The van der Waals surface area contributed by atoms with Crippen LogP contribution >= 0.6 is 0 Å². The third-order valence-electron chi connectivity index (χ3n) is 9.60. The van der Waals surface area contributed by atoms with Crippen LogP contribution in [0.5, 0.6) is 0 Å². The van der Waals surface area contributed by atoms with Crippen molar-refractivity contribution in [3.05, 3.63) is 129 Å². The third kappa shape index (κ3) is 9.80. The summed E-state index contributed by atoms with van der Waals surface area (Å²) in [6.45, 7) is 4.35. The highest BCUT2D eigenvalue weighted by Gasteiger charge is 2.34. The standard InChI is InChI=1S/C40H44N4O8/c45-27-28-7-9-31(10-8-28)37-24-36(26-42-19-21-43(22-20-42)34-15-17-35(18-16-34)44(49)50)51-40(52-37)32-13-11-30(12-14-32)33-4-1-3-29(23-33)25-41-38(46)5-2-6-39(47)48/h1,3-4,7-18,23,36-37,40,45H,2,5-6,19-22,24-27H2,(H,41,46)(H,47,48). The number of nitro benzene ring substituents is 1. The van der Waals surface area contributed by atoms with Crippen molar-refractivity contribution in [2.45, 2.75) is 57.3 Å². The van der Waals surface area contributed by atoms with E-state index in [0.29, 0.717) is 19.4 Å². The molecule has 52 heavy (non-hydrogen) atoms. The smallest absolute Gasteiger partial charge is 0.303 e. The van der Waals surface area contributed by atoms with Crippen LogP contribution in [0.1, 0.15) is 60.3 Å². The lowest BCUT2D eigenvalue weighted by molar-refractivity contribution is -0.384. The third-order valence-corrected chi connectivity index (χ3v) is 9.60. The summed E-state index contributed by atoms with van der Waals surface area (Å²) in [5, 5.41) is 32.3. The molecule has 0 radical (unpaired) electrons. The number of aliphatic hydroxyl groups excluding tert-OH is 1. The van der Waals surface area contributed by atoms with Crippen molar-refractivity contribution in [2.75, 3.05) is 37.6 Å². The van der Waals surface area contributed by atoms with Crippen LogP contribution in [0.4, 0.5) is 11.4 Å². The topological polar surface area (TPSA) is 155 Å². The van der Waals surface area contributed by atoms with Gasteiger partial charge in [-0.2, -0.15) is 0 Å². The molecule has 272 valence electrons. The average molecular weight is 709 g/mol. The van der Waals surface area contributed by atoms with E-state index in [1.165, 1.54) is 0 Å². The average Bonchev–Trinajstić information content (AvgIpc) is 3.17. The molecule has 4 aromatic carbocycles. The molecule has 1 amide bonds. The lowest BCUT2D eigenvalue weighted by atomic mass is 9.98. The van der Waals surface area contributed by atoms with Gasteiger partial charge in [0.05, 0.1) is 23.7 Å². The summed E-state index contributed by atoms with van der Waals surface area (Å²) in [4.78, 5) is 38.2. The van der Waals surface area contributed by atoms with Crippen LogP contribution in [-0.4, -0.2) is 70.7 Å². The summed E-state index contributed by atoms with van der Waals surface area (Å²) in [7, 11) is 0. The number of aliphatic carboxylic acids is 1. The van der Waals surface area contributed by atoms with E-state index in [0.717, 1.165) is 71.8 Å². The van der Waals surface area contributed by atoms with Crippen LogP contribution in [-0.2, 0) is 32.2 Å². The van der Waals surface area contributed by atoms with E-state index in [2.05, 4.69) is 15.1 Å². The fourth-order valence-corrected chi connectivity index (χ4v) is 6.68. The Kier molecular flexibility index (Phi) is 12.3. The molecular formula is C40H44N4O8. The molecule has 12 nitrogen and oxygen atoms in total. The molecule has 2 fully saturated rings. The molecule has 0 bridgehead atoms. The highest BCUT2D eigenvalue weighted by Crippen LogP contribution is 2.39. The van der Waals surface area contributed by atoms with Crippen LogP contribution in [0, 0.1) is 10.1 Å². The van der Waals surface area contributed by atoms with E-state index in [9.17, 15) is 24.8 Å². The molecule has 4 aromatic rings. The molecular weight excluding hydrogens is 664 g/mol. The van der Waals surface area contributed by atoms with Crippen LogP contribution < -0.4 is 10.2 Å². The number of anilines is 1. The number of non-ortho nitro benzene ring substituents is 1. The predicted octanol–water partition coefficient (Wildman–Crippen LogP) is 5.99. The number of carbonyl (C=O) groups excluding carboxylic acids is 1. The van der Waals surface area contributed by atoms with Crippen LogP contribution in [0.2, 0.25) is 0 Å². The number of amides is 1. The second-order valence-electron chi connectivity index (χ2n) is 13.3. The molecule has 0 spiro atoms. The zero-order chi connectivity index (χ0) is 36.5. The first-order valence-electron chi connectivity index (χ1n) is 17.6. The van der Waals surface area contributed by atoms with Gasteiger partial charge in [0.15, 0.2) is 6.29 Å². The van der Waals surface area contributed by atoms with Crippen LogP contribution in [0.15, 0.2) is 97.1 Å². The van der Waals surface area contributed by atoms with Crippen molar-refractivity contribution in [2.24, 2.45) is 0 Å². The lowest BCUT2D eigenvalue weighted by Crippen LogP contribution is -2.49. The molecule has 0 saturated carbocycles. The Morgan fingerprint density at radius 3 is 2.21 bits per heavy atom. The number of carboxylic acid groups (broad SMARTS) is 1. The first-order valence-corrected chi connectivity index (χ1v) is 17.6. The summed E-state index contributed by atoms with van der Waals surface area (Å²) in [6.07, 6.45) is 0.257. The van der Waals surface area contributed by atoms with Gasteiger partial charge >= 0.3 is 5.97 Å². The molecule has 12 heteroatoms. The number of ether oxygens (including phenoxy) is 2. The van der Waals surface area contributed by atoms with Gasteiger partial charge in [0.1, 0.15) is 0 Å². The first-order chi connectivity index (χ1) is 25.2. The quantitative estimate of drug-likeness (QED) is 0.105. The Morgan fingerprint density at radius 1 is 0.827 bits per heavy atom. The molecule has 0 aliphatic carbocycles. The van der Waals surface area contributed by atoms with E-state index in [1.54, 1.807) is 12.1 Å². The zero-order valence-corrected chi connectivity index (χ0v) is 28.9. The van der Waals surface area contributed by atoms with Crippen LogP contribution in [0.25, 0.3) is 11.1 Å². The number of benzene rings is 4. The summed E-state index contributed by atoms with van der Waals surface area (Å²) in [5.74, 6) is -1.08. The van der Waals surface area contributed by atoms with Gasteiger partial charge in [-0.25, -0.2) is 0 Å². The molecule has 2 saturated heterocycles. The van der Waals surface area contributed by atoms with Gasteiger partial charge < -0.3 is 29.9 Å². The Balaban J connectivity index is 1.10. The Labute approximate surface area is 302 Å². The van der Waals surface area contributed by atoms with Gasteiger partial charge in [0.25, 0.3) is 5.69 Å². The maximum Gasteiger partial charge on any atom is 0.303 e. The minimum absolute atomic E-state index is 0.0233. The van der Waals surface area contributed by atoms with Gasteiger partial charge in [-0.15, -0.1) is 0 Å². The molecule has 6 rings (SSSR count). The Hall–Kier alpha value is -5.14. The highest BCUT2D eigenvalue weighted by atomic mass is 16.7. The van der Waals surface area contributed by atoms with Gasteiger partial charge in [-0.3, -0.25) is 24.6 Å². The number of hydrogen-bond donors (Lipinski definition) is 3. The summed E-state index contributed by atoms with van der Waals surface area (Å²) < 4.78 is 13.2. The van der Waals surface area contributed by atoms with Gasteiger partial charge in [0.2, 0.25) is 5.91 Å². The zero-order valence-electron chi connectivity index (χ0n) is 28.9. The van der Waals surface area contributed by atoms with E-state index in [-0.39, 0.29) is 48.2 Å². The largest absolute Gasteiger partial charge is 0.481 e. The second kappa shape index (κ2) is 17.4. The Bertz CT molecular complexity index is 1810. The van der Waals surface area contributed by atoms with E-state index < -0.39 is 12.3 Å². The molecule has 0 aromatic heterocycles. The van der Waals surface area contributed by atoms with Crippen molar-refractivity contribution >= 4 is 23.3 Å². The number of carbonyl (C=O) groups is 2. The number of rotatable bonds is 14. The van der Waals surface area contributed by atoms with Crippen molar-refractivity contribution in [1.82, 2.24) is 10.2 Å². The van der Waals surface area contributed by atoms with E-state index in [1.807, 2.05) is 84.9 Å². The molecule has 2 heterocycles. The highest BCUT2D eigenvalue weighted by molar-refractivity contribution is 5.76. The number of nitro groups is 1. The van der Waals surface area contributed by atoms with Crippen LogP contribution in [0.3, 0.4) is 0 Å². The van der Waals surface area contributed by atoms with Crippen molar-refractivity contribution in [3.63, 3.8) is 0 Å². The monoisotopic (exact) mass is 708 g/mol. The molecule has 2 aliphatic rings. The van der Waals surface area contributed by atoms with Gasteiger partial charge in [-0.05, 0) is 52.4 Å². The molecule has 3 atom stereocenters. The minimum atomic E-state index is -0.907. The van der Waals surface area contributed by atoms with Gasteiger partial charge in [0, 0.05) is 81.9 Å². The summed E-state index contributed by atoms with van der Waals surface area (Å²) in [5.41, 5.74) is 6.79. The number of aliphatic hydroxyl groups is 1. The number of nitrogens with zero attached hydrogens (tertiary/aromatic N) is 3. The lowest BCUT2D eigenvalue weighted by Gasteiger charge is -2.41. The number of nitrogens with one attached hydrogen (secondary N) is 1. The predicted molar refractivity (Wildman–Crippen MR) is 195 cm³/mol. The number of piperazine rings is 1. The van der Waals surface area contributed by atoms with Crippen molar-refractivity contribution < 1.29 is 34.2 Å². The maximum atomic E-state index is 12.2. The normalized spacial score (nSPS) is 19.2. The minimum Gasteiger partial charge on any atom is -0.481 e. The Morgan fingerprint density at radius 2 is 1.54 bits per heavy atom. The first kappa shape index (κ1) is 36.6. The molecule has 3 N–H and O–H groups in total. The number of carboxylic acids is 1. The van der Waals surface area contributed by atoms with E-state index >= 15 is 0 Å². The second-order valence-corrected chi connectivity index (χ2v) is 13.3. The number of hydrogen-bond acceptors (Lipinski definition) is 9. The molecule has 3 unspecified atom stereocenters. The van der Waals surface area contributed by atoms with Crippen molar-refractivity contribution in [1.29, 1.82) is 0 Å². The maximum absolute atomic E-state index is 12.2. The van der Waals surface area contributed by atoms with E-state index in [4.69, 9.17) is 14.6 Å². The SMILES string of the molecule is O=C(O)CCCC(=O)NCc1cccc(-c2ccc(C3OC(CN4CCN(c5ccc([N+](=O)[O-])cc5)CC4)CC(c4ccc(CO)cc4)O3)cc2)c1. The van der Waals surface area contributed by atoms with Gasteiger partial charge in [-0.1, -0.05) is 66.7 Å². The fourth-order valence-electron chi connectivity index (χ4n) is 6.68. The van der Waals surface area contributed by atoms with Crippen molar-refractivity contribution in [3.8, 4) is 11.1 Å². The summed E-state index contributed by atoms with van der Waals surface area (Å²) >= 11 is 0. The summed E-state index contributed by atoms with van der Waals surface area (Å²) in [6, 6.07) is 30.6.